The van der Waals surface area contributed by atoms with Gasteiger partial charge in [0.2, 0.25) is 0 Å². The minimum atomic E-state index is 0.0226. The number of rotatable bonds is 2. The molecule has 0 amide bonds. The number of allylic oxidation sites excluding steroid dienone is 1. The Kier molecular flexibility index (Phi) is 3.69. The molecule has 27 heavy (non-hydrogen) atoms. The Morgan fingerprint density at radius 2 is 1.96 bits per heavy atom. The van der Waals surface area contributed by atoms with E-state index < -0.39 is 0 Å². The molecule has 0 spiro atoms. The van der Waals surface area contributed by atoms with Crippen molar-refractivity contribution in [1.29, 1.82) is 0 Å². The molecule has 4 aromatic rings. The molecule has 2 aromatic heterocycles. The summed E-state index contributed by atoms with van der Waals surface area (Å²) in [6, 6.07) is 17.1. The number of aromatic nitrogens is 2. The van der Waals surface area contributed by atoms with Crippen LogP contribution in [-0.2, 0) is 6.54 Å². The molecule has 3 heterocycles. The molecule has 0 saturated carbocycles. The van der Waals surface area contributed by atoms with Gasteiger partial charge in [0.25, 0.3) is 5.56 Å². The second-order valence-corrected chi connectivity index (χ2v) is 7.46. The highest BCUT2D eigenvalue weighted by molar-refractivity contribution is 7.17. The molecule has 5 rings (SSSR count). The average molecular weight is 372 g/mol. The predicted molar refractivity (Wildman–Crippen MR) is 110 cm³/mol. The maximum absolute atomic E-state index is 13.2. The average Bonchev–Trinajstić information content (AvgIpc) is 3.28. The number of nitrogens with zero attached hydrogens (tertiary/aromatic N) is 2. The van der Waals surface area contributed by atoms with E-state index in [9.17, 15) is 9.90 Å². The lowest BCUT2D eigenvalue weighted by Crippen LogP contribution is -2.20. The van der Waals surface area contributed by atoms with Gasteiger partial charge >= 0.3 is 0 Å². The molecule has 0 unspecified atom stereocenters. The number of aromatic hydroxyl groups is 1. The van der Waals surface area contributed by atoms with Crippen LogP contribution in [0.4, 0.5) is 0 Å². The van der Waals surface area contributed by atoms with Crippen LogP contribution in [0.5, 0.6) is 5.75 Å². The number of hydrogen-bond donors (Lipinski definition) is 1. The van der Waals surface area contributed by atoms with Crippen LogP contribution in [0.2, 0.25) is 0 Å². The van der Waals surface area contributed by atoms with Crippen molar-refractivity contribution in [2.24, 2.45) is 0 Å². The van der Waals surface area contributed by atoms with E-state index in [0.29, 0.717) is 11.9 Å². The highest BCUT2D eigenvalue weighted by atomic mass is 32.1. The van der Waals surface area contributed by atoms with E-state index in [2.05, 4.69) is 0 Å². The molecule has 0 aliphatic carbocycles. The normalized spacial score (nSPS) is 14.7. The summed E-state index contributed by atoms with van der Waals surface area (Å²) >= 11 is 1.51. The van der Waals surface area contributed by atoms with Crippen LogP contribution in [0.1, 0.15) is 17.8 Å². The standard InChI is InChI=1S/C22H16N2O2S/c25-17-8-4-5-14(12-17)11-16-9-10-24-20(16)23-21-19(22(24)26)18(13-27-21)15-6-2-1-3-7-15/h1-8,11-13,25H,9-10H2/b16-11+. The van der Waals surface area contributed by atoms with Crippen molar-refractivity contribution in [3.63, 3.8) is 0 Å². The zero-order valence-corrected chi connectivity index (χ0v) is 15.2. The first-order chi connectivity index (χ1) is 13.2. The summed E-state index contributed by atoms with van der Waals surface area (Å²) in [4.78, 5) is 18.8. The Labute approximate surface area is 159 Å². The van der Waals surface area contributed by atoms with Gasteiger partial charge in [0.15, 0.2) is 0 Å². The number of phenols is 1. The van der Waals surface area contributed by atoms with Gasteiger partial charge in [-0.05, 0) is 41.3 Å². The molecule has 1 aliphatic rings. The van der Waals surface area contributed by atoms with E-state index in [1.54, 1.807) is 16.7 Å². The first-order valence-corrected chi connectivity index (χ1v) is 9.66. The van der Waals surface area contributed by atoms with Gasteiger partial charge in [0.05, 0.1) is 5.39 Å². The minimum Gasteiger partial charge on any atom is -0.508 e. The smallest absolute Gasteiger partial charge is 0.263 e. The van der Waals surface area contributed by atoms with Crippen LogP contribution in [0.3, 0.4) is 0 Å². The van der Waals surface area contributed by atoms with Crippen molar-refractivity contribution in [3.8, 4) is 16.9 Å². The number of phenolic OH excluding ortho intramolecular Hbond substituents is 1. The van der Waals surface area contributed by atoms with Gasteiger partial charge in [-0.2, -0.15) is 0 Å². The lowest BCUT2D eigenvalue weighted by molar-refractivity contribution is 0.475. The maximum atomic E-state index is 13.2. The van der Waals surface area contributed by atoms with Crippen LogP contribution in [0.15, 0.2) is 64.8 Å². The Hall–Kier alpha value is -3.18. The highest BCUT2D eigenvalue weighted by Crippen LogP contribution is 2.34. The fraction of sp³-hybridized carbons (Fsp3) is 0.0909. The zero-order valence-electron chi connectivity index (χ0n) is 14.4. The Balaban J connectivity index is 1.68. The SMILES string of the molecule is O=c1c2c(-c3ccccc3)csc2nc2n1CC/C2=C\c1cccc(O)c1. The molecule has 0 radical (unpaired) electrons. The van der Waals surface area contributed by atoms with Crippen molar-refractivity contribution in [3.05, 3.63) is 81.7 Å². The van der Waals surface area contributed by atoms with E-state index in [0.717, 1.165) is 39.3 Å². The zero-order chi connectivity index (χ0) is 18.4. The van der Waals surface area contributed by atoms with E-state index in [1.165, 1.54) is 11.3 Å². The van der Waals surface area contributed by atoms with E-state index in [1.807, 2.05) is 53.9 Å². The van der Waals surface area contributed by atoms with Gasteiger partial charge in [-0.1, -0.05) is 42.5 Å². The second kappa shape index (κ2) is 6.21. The maximum Gasteiger partial charge on any atom is 0.263 e. The van der Waals surface area contributed by atoms with Crippen LogP contribution < -0.4 is 5.56 Å². The van der Waals surface area contributed by atoms with Crippen molar-refractivity contribution >= 4 is 33.2 Å². The van der Waals surface area contributed by atoms with Crippen molar-refractivity contribution in [2.75, 3.05) is 0 Å². The molecule has 0 atom stereocenters. The van der Waals surface area contributed by atoms with Crippen molar-refractivity contribution < 1.29 is 5.11 Å². The number of hydrogen-bond acceptors (Lipinski definition) is 4. The van der Waals surface area contributed by atoms with Crippen molar-refractivity contribution in [1.82, 2.24) is 9.55 Å². The third kappa shape index (κ3) is 2.67. The molecule has 4 nitrogen and oxygen atoms in total. The summed E-state index contributed by atoms with van der Waals surface area (Å²) in [6.45, 7) is 0.631. The van der Waals surface area contributed by atoms with Crippen LogP contribution in [-0.4, -0.2) is 14.7 Å². The second-order valence-electron chi connectivity index (χ2n) is 6.60. The Morgan fingerprint density at radius 3 is 2.78 bits per heavy atom. The summed E-state index contributed by atoms with van der Waals surface area (Å²) in [7, 11) is 0. The summed E-state index contributed by atoms with van der Waals surface area (Å²) in [5.41, 5.74) is 3.94. The highest BCUT2D eigenvalue weighted by Gasteiger charge is 2.23. The molecular weight excluding hydrogens is 356 g/mol. The quantitative estimate of drug-likeness (QED) is 0.551. The fourth-order valence-electron chi connectivity index (χ4n) is 3.60. The lowest BCUT2D eigenvalue weighted by Gasteiger charge is -2.05. The minimum absolute atomic E-state index is 0.0226. The summed E-state index contributed by atoms with van der Waals surface area (Å²) in [5.74, 6) is 0.964. The van der Waals surface area contributed by atoms with Gasteiger partial charge in [-0.3, -0.25) is 9.36 Å². The van der Waals surface area contributed by atoms with Gasteiger partial charge < -0.3 is 5.11 Å². The third-order valence-corrected chi connectivity index (χ3v) is 5.75. The molecule has 0 bridgehead atoms. The van der Waals surface area contributed by atoms with Gasteiger partial charge in [0, 0.05) is 17.5 Å². The lowest BCUT2D eigenvalue weighted by atomic mass is 10.1. The van der Waals surface area contributed by atoms with Gasteiger partial charge in [-0.15, -0.1) is 11.3 Å². The first kappa shape index (κ1) is 16.0. The van der Waals surface area contributed by atoms with E-state index >= 15 is 0 Å². The monoisotopic (exact) mass is 372 g/mol. The molecule has 1 N–H and O–H groups in total. The van der Waals surface area contributed by atoms with E-state index in [4.69, 9.17) is 4.98 Å². The van der Waals surface area contributed by atoms with Gasteiger partial charge in [-0.25, -0.2) is 4.98 Å². The molecular formula is C22H16N2O2S. The molecule has 0 fully saturated rings. The van der Waals surface area contributed by atoms with Crippen LogP contribution >= 0.6 is 11.3 Å². The van der Waals surface area contributed by atoms with E-state index in [-0.39, 0.29) is 11.3 Å². The molecule has 0 saturated heterocycles. The summed E-state index contributed by atoms with van der Waals surface area (Å²) in [6.07, 6.45) is 2.76. The number of benzene rings is 2. The topological polar surface area (TPSA) is 55.1 Å². The Bertz CT molecular complexity index is 1250. The Morgan fingerprint density at radius 1 is 1.11 bits per heavy atom. The largest absolute Gasteiger partial charge is 0.508 e. The number of thiophene rings is 1. The van der Waals surface area contributed by atoms with Gasteiger partial charge in [0.1, 0.15) is 16.4 Å². The van der Waals surface area contributed by atoms with Crippen LogP contribution in [0.25, 0.3) is 33.0 Å². The molecule has 1 aliphatic heterocycles. The molecule has 2 aromatic carbocycles. The summed E-state index contributed by atoms with van der Waals surface area (Å²) in [5, 5.41) is 12.4. The summed E-state index contributed by atoms with van der Waals surface area (Å²) < 4.78 is 1.77. The fourth-order valence-corrected chi connectivity index (χ4v) is 4.54. The third-order valence-electron chi connectivity index (χ3n) is 4.88. The molecule has 5 heteroatoms. The van der Waals surface area contributed by atoms with Crippen LogP contribution in [0, 0.1) is 0 Å². The molecule has 132 valence electrons. The first-order valence-electron chi connectivity index (χ1n) is 8.78. The predicted octanol–water partition coefficient (Wildman–Crippen LogP) is 4.77. The van der Waals surface area contributed by atoms with Crippen molar-refractivity contribution in [2.45, 2.75) is 13.0 Å². The number of fused-ring (bicyclic) bond motifs is 2.